The minimum absolute atomic E-state index is 0.568. The minimum Gasteiger partial charge on any atom is -0.149 e. The predicted molar refractivity (Wildman–Crippen MR) is 67.1 cm³/mol. The van der Waals surface area contributed by atoms with E-state index in [1.807, 2.05) is 24.3 Å². The Kier molecular flexibility index (Phi) is 3.54. The van der Waals surface area contributed by atoms with Gasteiger partial charge in [-0.2, -0.15) is 0 Å². The average Bonchev–Trinajstić information content (AvgIpc) is 2.30. The molecule has 4 heteroatoms. The summed E-state index contributed by atoms with van der Waals surface area (Å²) in [4.78, 5) is 0. The second-order valence-corrected chi connectivity index (χ2v) is 3.92. The molecule has 0 heterocycles. The lowest BCUT2D eigenvalue weighted by Gasteiger charge is -1.97. The normalized spacial score (nSPS) is 10.9. The third kappa shape index (κ3) is 2.60. The van der Waals surface area contributed by atoms with Crippen molar-refractivity contribution < 1.29 is 0 Å². The third-order valence-electron chi connectivity index (χ3n) is 1.97. The fraction of sp³-hybridized carbons (Fsp3) is 0. The zero-order chi connectivity index (χ0) is 11.4. The predicted octanol–water partition coefficient (Wildman–Crippen LogP) is 5.41. The van der Waals surface area contributed by atoms with Crippen molar-refractivity contribution in [2.24, 2.45) is 10.2 Å². The molecular formula is C12H8Cl2N2. The maximum Gasteiger partial charge on any atom is 0.104 e. The molecule has 2 nitrogen and oxygen atoms in total. The second-order valence-electron chi connectivity index (χ2n) is 3.10. The van der Waals surface area contributed by atoms with Crippen LogP contribution in [0, 0.1) is 0 Å². The molecule has 16 heavy (non-hydrogen) atoms. The van der Waals surface area contributed by atoms with E-state index in [9.17, 15) is 0 Å². The van der Waals surface area contributed by atoms with Gasteiger partial charge >= 0.3 is 0 Å². The van der Waals surface area contributed by atoms with Gasteiger partial charge in [0.2, 0.25) is 0 Å². The summed E-state index contributed by atoms with van der Waals surface area (Å²) in [6.45, 7) is 0. The molecule has 0 spiro atoms. The van der Waals surface area contributed by atoms with Gasteiger partial charge in [0.05, 0.1) is 10.0 Å². The molecule has 0 amide bonds. The van der Waals surface area contributed by atoms with Crippen LogP contribution in [0.1, 0.15) is 0 Å². The SMILES string of the molecule is Clc1ccccc1N=Nc1ccccc1Cl. The van der Waals surface area contributed by atoms with Crippen LogP contribution in [0.2, 0.25) is 10.0 Å². The van der Waals surface area contributed by atoms with Crippen LogP contribution in [0.5, 0.6) is 0 Å². The van der Waals surface area contributed by atoms with E-state index >= 15 is 0 Å². The Hall–Kier alpha value is -1.38. The van der Waals surface area contributed by atoms with E-state index in [-0.39, 0.29) is 0 Å². The van der Waals surface area contributed by atoms with Gasteiger partial charge in [0.1, 0.15) is 11.4 Å². The number of halogens is 2. The van der Waals surface area contributed by atoms with Crippen molar-refractivity contribution in [3.8, 4) is 0 Å². The summed E-state index contributed by atoms with van der Waals surface area (Å²) in [5, 5.41) is 9.23. The molecule has 0 bridgehead atoms. The first-order valence-electron chi connectivity index (χ1n) is 4.68. The summed E-state index contributed by atoms with van der Waals surface area (Å²) >= 11 is 11.9. The van der Waals surface area contributed by atoms with Gasteiger partial charge in [-0.05, 0) is 24.3 Å². The summed E-state index contributed by atoms with van der Waals surface area (Å²) in [7, 11) is 0. The summed E-state index contributed by atoms with van der Waals surface area (Å²) in [6, 6.07) is 14.5. The average molecular weight is 251 g/mol. The molecule has 0 fully saturated rings. The van der Waals surface area contributed by atoms with Crippen molar-refractivity contribution in [1.82, 2.24) is 0 Å². The van der Waals surface area contributed by atoms with Crippen molar-refractivity contribution in [1.29, 1.82) is 0 Å². The van der Waals surface area contributed by atoms with E-state index in [1.54, 1.807) is 24.3 Å². The Morgan fingerprint density at radius 1 is 0.625 bits per heavy atom. The first kappa shape index (κ1) is 11.1. The maximum atomic E-state index is 5.94. The lowest BCUT2D eigenvalue weighted by molar-refractivity contribution is 1.23. The van der Waals surface area contributed by atoms with Gasteiger partial charge < -0.3 is 0 Å². The van der Waals surface area contributed by atoms with Crippen LogP contribution >= 0.6 is 23.2 Å². The zero-order valence-corrected chi connectivity index (χ0v) is 9.78. The van der Waals surface area contributed by atoms with Gasteiger partial charge in [-0.1, -0.05) is 47.5 Å². The van der Waals surface area contributed by atoms with Crippen molar-refractivity contribution in [2.75, 3.05) is 0 Å². The lowest BCUT2D eigenvalue weighted by atomic mass is 10.3. The number of rotatable bonds is 2. The fourth-order valence-corrected chi connectivity index (χ4v) is 1.52. The van der Waals surface area contributed by atoms with E-state index < -0.39 is 0 Å². The standard InChI is InChI=1S/C12H8Cl2N2/c13-9-5-1-3-7-11(9)15-16-12-8-4-2-6-10(12)14/h1-8H. The maximum absolute atomic E-state index is 5.94. The highest BCUT2D eigenvalue weighted by atomic mass is 35.5. The summed E-state index contributed by atoms with van der Waals surface area (Å²) in [6.07, 6.45) is 0. The van der Waals surface area contributed by atoms with Gasteiger partial charge in [-0.25, -0.2) is 0 Å². The van der Waals surface area contributed by atoms with Gasteiger partial charge in [0.15, 0.2) is 0 Å². The zero-order valence-electron chi connectivity index (χ0n) is 8.27. The number of benzene rings is 2. The molecule has 0 saturated heterocycles. The smallest absolute Gasteiger partial charge is 0.104 e. The monoisotopic (exact) mass is 250 g/mol. The quantitative estimate of drug-likeness (QED) is 0.637. The van der Waals surface area contributed by atoms with E-state index in [0.717, 1.165) is 0 Å². The Labute approximate surface area is 104 Å². The Balaban J connectivity index is 2.29. The second kappa shape index (κ2) is 5.10. The first-order chi connectivity index (χ1) is 7.77. The number of nitrogens with zero attached hydrogens (tertiary/aromatic N) is 2. The molecule has 0 aromatic heterocycles. The molecule has 0 saturated carbocycles. The number of hydrogen-bond acceptors (Lipinski definition) is 2. The van der Waals surface area contributed by atoms with Gasteiger partial charge in [-0.3, -0.25) is 0 Å². The Morgan fingerprint density at radius 2 is 1.00 bits per heavy atom. The van der Waals surface area contributed by atoms with Gasteiger partial charge in [0.25, 0.3) is 0 Å². The summed E-state index contributed by atoms with van der Waals surface area (Å²) in [5.41, 5.74) is 1.26. The summed E-state index contributed by atoms with van der Waals surface area (Å²) < 4.78 is 0. The molecular weight excluding hydrogens is 243 g/mol. The Bertz CT molecular complexity index is 476. The molecule has 0 aliphatic heterocycles. The molecule has 0 radical (unpaired) electrons. The van der Waals surface area contributed by atoms with Crippen LogP contribution in [0.15, 0.2) is 58.8 Å². The number of azo groups is 1. The van der Waals surface area contributed by atoms with Crippen molar-refractivity contribution in [2.45, 2.75) is 0 Å². The highest BCUT2D eigenvalue weighted by molar-refractivity contribution is 6.33. The van der Waals surface area contributed by atoms with E-state index in [0.29, 0.717) is 21.4 Å². The van der Waals surface area contributed by atoms with Crippen molar-refractivity contribution in [3.05, 3.63) is 58.6 Å². The highest BCUT2D eigenvalue weighted by Crippen LogP contribution is 2.29. The van der Waals surface area contributed by atoms with E-state index in [4.69, 9.17) is 23.2 Å². The molecule has 2 aromatic carbocycles. The largest absolute Gasteiger partial charge is 0.149 e. The van der Waals surface area contributed by atoms with Crippen LogP contribution in [0.3, 0.4) is 0 Å². The van der Waals surface area contributed by atoms with E-state index in [2.05, 4.69) is 10.2 Å². The molecule has 0 aliphatic carbocycles. The fourth-order valence-electron chi connectivity index (χ4n) is 1.17. The van der Waals surface area contributed by atoms with E-state index in [1.165, 1.54) is 0 Å². The van der Waals surface area contributed by atoms with Crippen LogP contribution in [-0.4, -0.2) is 0 Å². The molecule has 2 rings (SSSR count). The molecule has 80 valence electrons. The molecule has 0 unspecified atom stereocenters. The lowest BCUT2D eigenvalue weighted by Crippen LogP contribution is -1.68. The Morgan fingerprint density at radius 3 is 1.38 bits per heavy atom. The van der Waals surface area contributed by atoms with Crippen molar-refractivity contribution >= 4 is 34.6 Å². The van der Waals surface area contributed by atoms with Crippen LogP contribution in [0.4, 0.5) is 11.4 Å². The minimum atomic E-state index is 0.568. The first-order valence-corrected chi connectivity index (χ1v) is 5.44. The highest BCUT2D eigenvalue weighted by Gasteiger charge is 1.98. The number of hydrogen-bond donors (Lipinski definition) is 0. The summed E-state index contributed by atoms with van der Waals surface area (Å²) in [5.74, 6) is 0. The molecule has 0 N–H and O–H groups in total. The van der Waals surface area contributed by atoms with Gasteiger partial charge in [-0.15, -0.1) is 10.2 Å². The van der Waals surface area contributed by atoms with Crippen LogP contribution < -0.4 is 0 Å². The third-order valence-corrected chi connectivity index (χ3v) is 2.61. The molecule has 0 aliphatic rings. The van der Waals surface area contributed by atoms with Crippen molar-refractivity contribution in [3.63, 3.8) is 0 Å². The van der Waals surface area contributed by atoms with Gasteiger partial charge in [0, 0.05) is 0 Å². The molecule has 2 aromatic rings. The van der Waals surface area contributed by atoms with Crippen LogP contribution in [0.25, 0.3) is 0 Å². The topological polar surface area (TPSA) is 24.7 Å². The van der Waals surface area contributed by atoms with Crippen LogP contribution in [-0.2, 0) is 0 Å². The molecule has 0 atom stereocenters.